The molecule has 1 aromatic carbocycles. The van der Waals surface area contributed by atoms with Gasteiger partial charge in [-0.15, -0.1) is 0 Å². The molecule has 21 heavy (non-hydrogen) atoms. The third-order valence-corrected chi connectivity index (χ3v) is 3.00. The van der Waals surface area contributed by atoms with E-state index in [1.807, 2.05) is 37.3 Å². The maximum absolute atomic E-state index is 12.1. The van der Waals surface area contributed by atoms with Gasteiger partial charge in [-0.3, -0.25) is 4.79 Å². The number of hydrogen-bond donors (Lipinski definition) is 1. The SMILES string of the molecule is CCCn1ccnc(NCCCOc2ccccc2)c1=O. The molecule has 1 N–H and O–H groups in total. The number of hydrogen-bond acceptors (Lipinski definition) is 4. The van der Waals surface area contributed by atoms with Gasteiger partial charge in [0.15, 0.2) is 5.82 Å². The number of aryl methyl sites for hydroxylation is 1. The summed E-state index contributed by atoms with van der Waals surface area (Å²) in [7, 11) is 0. The molecule has 0 saturated carbocycles. The van der Waals surface area contributed by atoms with E-state index in [1.54, 1.807) is 17.0 Å². The van der Waals surface area contributed by atoms with Crippen LogP contribution in [0.3, 0.4) is 0 Å². The lowest BCUT2D eigenvalue weighted by Crippen LogP contribution is -2.25. The number of aromatic nitrogens is 2. The molecule has 0 saturated heterocycles. The Labute approximate surface area is 124 Å². The highest BCUT2D eigenvalue weighted by Crippen LogP contribution is 2.08. The van der Waals surface area contributed by atoms with Crippen LogP contribution < -0.4 is 15.6 Å². The van der Waals surface area contributed by atoms with Gasteiger partial charge < -0.3 is 14.6 Å². The normalized spacial score (nSPS) is 10.3. The third kappa shape index (κ3) is 4.63. The summed E-state index contributed by atoms with van der Waals surface area (Å²) in [5.74, 6) is 1.27. The number of rotatable bonds is 8. The van der Waals surface area contributed by atoms with Crippen molar-refractivity contribution in [2.45, 2.75) is 26.3 Å². The van der Waals surface area contributed by atoms with Gasteiger partial charge in [-0.1, -0.05) is 25.1 Å². The number of anilines is 1. The fourth-order valence-electron chi connectivity index (χ4n) is 1.97. The van der Waals surface area contributed by atoms with Crippen LogP contribution in [0.15, 0.2) is 47.5 Å². The summed E-state index contributed by atoms with van der Waals surface area (Å²) < 4.78 is 7.27. The molecule has 5 heteroatoms. The second-order valence-corrected chi connectivity index (χ2v) is 4.72. The van der Waals surface area contributed by atoms with Crippen LogP contribution in [0.4, 0.5) is 5.82 Å². The summed E-state index contributed by atoms with van der Waals surface area (Å²) in [5.41, 5.74) is -0.0664. The summed E-state index contributed by atoms with van der Waals surface area (Å²) in [6.45, 7) is 4.02. The maximum Gasteiger partial charge on any atom is 0.293 e. The van der Waals surface area contributed by atoms with E-state index in [1.165, 1.54) is 0 Å². The van der Waals surface area contributed by atoms with Gasteiger partial charge in [0, 0.05) is 25.5 Å². The molecule has 0 atom stereocenters. The molecule has 0 aliphatic heterocycles. The van der Waals surface area contributed by atoms with Crippen LogP contribution in [0, 0.1) is 0 Å². The van der Waals surface area contributed by atoms with Gasteiger partial charge in [0.2, 0.25) is 0 Å². The maximum atomic E-state index is 12.1. The quantitative estimate of drug-likeness (QED) is 0.758. The van der Waals surface area contributed by atoms with Gasteiger partial charge in [0.25, 0.3) is 5.56 Å². The van der Waals surface area contributed by atoms with Crippen LogP contribution in [-0.2, 0) is 6.54 Å². The largest absolute Gasteiger partial charge is 0.494 e. The molecule has 1 aromatic heterocycles. The van der Waals surface area contributed by atoms with Crippen LogP contribution in [0.1, 0.15) is 19.8 Å². The zero-order chi connectivity index (χ0) is 14.9. The topological polar surface area (TPSA) is 56.1 Å². The highest BCUT2D eigenvalue weighted by Gasteiger charge is 2.03. The number of nitrogens with zero attached hydrogens (tertiary/aromatic N) is 2. The minimum atomic E-state index is -0.0664. The van der Waals surface area contributed by atoms with Crippen molar-refractivity contribution in [2.24, 2.45) is 0 Å². The fourth-order valence-corrected chi connectivity index (χ4v) is 1.97. The lowest BCUT2D eigenvalue weighted by molar-refractivity contribution is 0.315. The van der Waals surface area contributed by atoms with Gasteiger partial charge in [-0.05, 0) is 25.0 Å². The molecule has 0 amide bonds. The Morgan fingerprint density at radius 3 is 2.86 bits per heavy atom. The van der Waals surface area contributed by atoms with Gasteiger partial charge in [0.05, 0.1) is 6.61 Å². The Morgan fingerprint density at radius 2 is 2.10 bits per heavy atom. The Balaban J connectivity index is 1.76. The van der Waals surface area contributed by atoms with Crippen LogP contribution in [0.5, 0.6) is 5.75 Å². The third-order valence-electron chi connectivity index (χ3n) is 3.00. The van der Waals surface area contributed by atoms with E-state index in [2.05, 4.69) is 10.3 Å². The standard InChI is InChI=1S/C16H21N3O2/c1-2-11-19-12-10-18-15(16(19)20)17-9-6-13-21-14-7-4-3-5-8-14/h3-5,7-8,10,12H,2,6,9,11,13H2,1H3,(H,17,18). The van der Waals surface area contributed by atoms with E-state index in [0.29, 0.717) is 25.5 Å². The van der Waals surface area contributed by atoms with Crippen LogP contribution in [0.25, 0.3) is 0 Å². The van der Waals surface area contributed by atoms with E-state index < -0.39 is 0 Å². The van der Waals surface area contributed by atoms with Crippen molar-refractivity contribution in [2.75, 3.05) is 18.5 Å². The summed E-state index contributed by atoms with van der Waals surface area (Å²) >= 11 is 0. The zero-order valence-corrected chi connectivity index (χ0v) is 12.3. The highest BCUT2D eigenvalue weighted by atomic mass is 16.5. The summed E-state index contributed by atoms with van der Waals surface area (Å²) in [6, 6.07) is 9.69. The van der Waals surface area contributed by atoms with Crippen molar-refractivity contribution < 1.29 is 4.74 Å². The molecule has 0 radical (unpaired) electrons. The predicted octanol–water partition coefficient (Wildman–Crippen LogP) is 2.53. The van der Waals surface area contributed by atoms with Gasteiger partial charge in [-0.2, -0.15) is 0 Å². The molecule has 0 spiro atoms. The number of ether oxygens (including phenoxy) is 1. The smallest absolute Gasteiger partial charge is 0.293 e. The van der Waals surface area contributed by atoms with E-state index in [9.17, 15) is 4.79 Å². The second kappa shape index (κ2) is 8.09. The van der Waals surface area contributed by atoms with Crippen molar-refractivity contribution in [3.8, 4) is 5.75 Å². The van der Waals surface area contributed by atoms with Gasteiger partial charge in [0.1, 0.15) is 5.75 Å². The van der Waals surface area contributed by atoms with Crippen molar-refractivity contribution in [1.82, 2.24) is 9.55 Å². The Bertz CT molecular complexity index is 596. The molecule has 0 aliphatic rings. The van der Waals surface area contributed by atoms with Crippen LogP contribution >= 0.6 is 0 Å². The molecule has 112 valence electrons. The molecule has 2 rings (SSSR count). The molecule has 0 bridgehead atoms. The average Bonchev–Trinajstić information content (AvgIpc) is 2.51. The summed E-state index contributed by atoms with van der Waals surface area (Å²) in [6.07, 6.45) is 5.10. The van der Waals surface area contributed by atoms with E-state index in [-0.39, 0.29) is 5.56 Å². The predicted molar refractivity (Wildman–Crippen MR) is 83.8 cm³/mol. The molecular formula is C16H21N3O2. The first-order valence-electron chi connectivity index (χ1n) is 7.28. The van der Waals surface area contributed by atoms with Crippen molar-refractivity contribution >= 4 is 5.82 Å². The van der Waals surface area contributed by atoms with Crippen LogP contribution in [0.2, 0.25) is 0 Å². The lowest BCUT2D eigenvalue weighted by atomic mass is 10.3. The van der Waals surface area contributed by atoms with Crippen molar-refractivity contribution in [3.05, 3.63) is 53.1 Å². The molecule has 1 heterocycles. The Kier molecular flexibility index (Phi) is 5.82. The monoisotopic (exact) mass is 287 g/mol. The summed E-state index contributed by atoms with van der Waals surface area (Å²) in [4.78, 5) is 16.1. The van der Waals surface area contributed by atoms with E-state index in [4.69, 9.17) is 4.74 Å². The van der Waals surface area contributed by atoms with Crippen molar-refractivity contribution in [1.29, 1.82) is 0 Å². The molecule has 0 fully saturated rings. The first-order chi connectivity index (χ1) is 10.3. The van der Waals surface area contributed by atoms with Gasteiger partial charge >= 0.3 is 0 Å². The van der Waals surface area contributed by atoms with Crippen LogP contribution in [-0.4, -0.2) is 22.7 Å². The Morgan fingerprint density at radius 1 is 1.29 bits per heavy atom. The minimum Gasteiger partial charge on any atom is -0.494 e. The fraction of sp³-hybridized carbons (Fsp3) is 0.375. The lowest BCUT2D eigenvalue weighted by Gasteiger charge is -2.09. The molecular weight excluding hydrogens is 266 g/mol. The molecule has 2 aromatic rings. The first kappa shape index (κ1) is 15.1. The van der Waals surface area contributed by atoms with E-state index in [0.717, 1.165) is 18.6 Å². The molecule has 0 aliphatic carbocycles. The zero-order valence-electron chi connectivity index (χ0n) is 12.3. The van der Waals surface area contributed by atoms with E-state index >= 15 is 0 Å². The minimum absolute atomic E-state index is 0.0664. The molecule has 5 nitrogen and oxygen atoms in total. The molecule has 0 unspecified atom stereocenters. The number of benzene rings is 1. The number of nitrogens with one attached hydrogen (secondary N) is 1. The first-order valence-corrected chi connectivity index (χ1v) is 7.28. The van der Waals surface area contributed by atoms with Gasteiger partial charge in [-0.25, -0.2) is 4.98 Å². The average molecular weight is 287 g/mol. The highest BCUT2D eigenvalue weighted by molar-refractivity contribution is 5.30. The Hall–Kier alpha value is -2.30. The van der Waals surface area contributed by atoms with Crippen molar-refractivity contribution in [3.63, 3.8) is 0 Å². The second-order valence-electron chi connectivity index (χ2n) is 4.72. The summed E-state index contributed by atoms with van der Waals surface area (Å²) in [5, 5.41) is 3.07. The number of para-hydroxylation sites is 1.